The van der Waals surface area contributed by atoms with Crippen LogP contribution in [-0.4, -0.2) is 53.6 Å². The van der Waals surface area contributed by atoms with Crippen LogP contribution in [0, 0.1) is 11.8 Å². The molecule has 3 atom stereocenters. The fraction of sp³-hybridized carbons (Fsp3) is 0.923. The molecule has 1 aliphatic carbocycles. The SMILES string of the molecule is CCOCCO[C@@H]1C[C@H](C(=O)C(C)C)C[C@H]1ON(O)O. The van der Waals surface area contributed by atoms with E-state index in [-0.39, 0.29) is 29.1 Å². The zero-order chi connectivity index (χ0) is 15.1. The summed E-state index contributed by atoms with van der Waals surface area (Å²) in [4.78, 5) is 16.9. The van der Waals surface area contributed by atoms with Gasteiger partial charge in [0.1, 0.15) is 11.9 Å². The molecule has 1 saturated carbocycles. The highest BCUT2D eigenvalue weighted by atomic mass is 17.1. The molecule has 7 heteroatoms. The van der Waals surface area contributed by atoms with E-state index in [4.69, 9.17) is 24.7 Å². The zero-order valence-electron chi connectivity index (χ0n) is 12.3. The van der Waals surface area contributed by atoms with E-state index in [9.17, 15) is 4.79 Å². The van der Waals surface area contributed by atoms with Crippen molar-refractivity contribution in [1.29, 1.82) is 0 Å². The van der Waals surface area contributed by atoms with Crippen molar-refractivity contribution in [2.75, 3.05) is 19.8 Å². The molecule has 1 aliphatic rings. The van der Waals surface area contributed by atoms with Crippen molar-refractivity contribution >= 4 is 5.78 Å². The molecule has 0 spiro atoms. The van der Waals surface area contributed by atoms with Gasteiger partial charge in [0.25, 0.3) is 0 Å². The van der Waals surface area contributed by atoms with Gasteiger partial charge in [-0.15, -0.1) is 0 Å². The molecule has 118 valence electrons. The summed E-state index contributed by atoms with van der Waals surface area (Å²) < 4.78 is 10.8. The third-order valence-corrected chi connectivity index (χ3v) is 3.41. The molecule has 1 fully saturated rings. The van der Waals surface area contributed by atoms with Crippen LogP contribution in [0.4, 0.5) is 0 Å². The average molecular weight is 291 g/mol. The Hall–Kier alpha value is -0.570. The number of carbonyl (C=O) groups is 1. The Labute approximate surface area is 119 Å². The summed E-state index contributed by atoms with van der Waals surface area (Å²) in [6.45, 7) is 7.07. The molecule has 0 amide bonds. The van der Waals surface area contributed by atoms with Gasteiger partial charge in [0.15, 0.2) is 0 Å². The van der Waals surface area contributed by atoms with Gasteiger partial charge in [0.2, 0.25) is 0 Å². The van der Waals surface area contributed by atoms with Crippen LogP contribution in [0.15, 0.2) is 0 Å². The summed E-state index contributed by atoms with van der Waals surface area (Å²) in [5, 5.41) is 17.2. The molecule has 0 heterocycles. The van der Waals surface area contributed by atoms with Gasteiger partial charge in [-0.2, -0.15) is 0 Å². The van der Waals surface area contributed by atoms with E-state index in [2.05, 4.69) is 0 Å². The van der Waals surface area contributed by atoms with Crippen LogP contribution in [-0.2, 0) is 19.1 Å². The van der Waals surface area contributed by atoms with Crippen molar-refractivity contribution in [2.45, 2.75) is 45.8 Å². The predicted molar refractivity (Wildman–Crippen MR) is 69.1 cm³/mol. The molecule has 0 bridgehead atoms. The van der Waals surface area contributed by atoms with Crippen molar-refractivity contribution in [3.8, 4) is 0 Å². The number of ketones is 1. The number of nitrogens with zero attached hydrogens (tertiary/aromatic N) is 1. The Morgan fingerprint density at radius 1 is 1.25 bits per heavy atom. The van der Waals surface area contributed by atoms with Gasteiger partial charge in [-0.25, -0.2) is 4.84 Å². The van der Waals surface area contributed by atoms with E-state index in [0.29, 0.717) is 32.7 Å². The van der Waals surface area contributed by atoms with Gasteiger partial charge in [-0.05, 0) is 19.8 Å². The number of hydrogen-bond acceptors (Lipinski definition) is 7. The molecular formula is C13H25NO6. The number of ether oxygens (including phenoxy) is 2. The first-order valence-electron chi connectivity index (χ1n) is 7.03. The normalized spacial score (nSPS) is 26.6. The van der Waals surface area contributed by atoms with Gasteiger partial charge < -0.3 is 9.47 Å². The van der Waals surface area contributed by atoms with Crippen LogP contribution < -0.4 is 0 Å². The zero-order valence-corrected chi connectivity index (χ0v) is 12.3. The molecular weight excluding hydrogens is 266 g/mol. The van der Waals surface area contributed by atoms with Crippen molar-refractivity contribution in [3.05, 3.63) is 0 Å². The minimum Gasteiger partial charge on any atom is -0.379 e. The number of rotatable bonds is 9. The van der Waals surface area contributed by atoms with Crippen LogP contribution in [0.2, 0.25) is 0 Å². The van der Waals surface area contributed by atoms with Gasteiger partial charge in [0.05, 0.1) is 24.7 Å². The Morgan fingerprint density at radius 2 is 1.90 bits per heavy atom. The fourth-order valence-corrected chi connectivity index (χ4v) is 2.47. The van der Waals surface area contributed by atoms with Gasteiger partial charge >= 0.3 is 0 Å². The molecule has 0 aliphatic heterocycles. The lowest BCUT2D eigenvalue weighted by Crippen LogP contribution is -2.32. The van der Waals surface area contributed by atoms with E-state index < -0.39 is 6.10 Å². The molecule has 0 saturated heterocycles. The van der Waals surface area contributed by atoms with E-state index in [0.717, 1.165) is 0 Å². The lowest BCUT2D eigenvalue weighted by molar-refractivity contribution is -0.508. The maximum Gasteiger partial charge on any atom is 0.138 e. The molecule has 20 heavy (non-hydrogen) atoms. The fourth-order valence-electron chi connectivity index (χ4n) is 2.47. The smallest absolute Gasteiger partial charge is 0.138 e. The number of Topliss-reactive ketones (excluding diaryl/α,β-unsaturated/α-hetero) is 1. The van der Waals surface area contributed by atoms with Crippen molar-refractivity contribution in [1.82, 2.24) is 5.39 Å². The molecule has 7 nitrogen and oxygen atoms in total. The van der Waals surface area contributed by atoms with Gasteiger partial charge in [0, 0.05) is 18.4 Å². The summed E-state index contributed by atoms with van der Waals surface area (Å²) in [6.07, 6.45) is 0.0690. The first-order chi connectivity index (χ1) is 9.45. The van der Waals surface area contributed by atoms with E-state index in [1.165, 1.54) is 0 Å². The summed E-state index contributed by atoms with van der Waals surface area (Å²) in [5.74, 6) is -0.0730. The summed E-state index contributed by atoms with van der Waals surface area (Å²) in [6, 6.07) is 0. The van der Waals surface area contributed by atoms with E-state index in [1.807, 2.05) is 20.8 Å². The molecule has 1 rings (SSSR count). The van der Waals surface area contributed by atoms with Gasteiger partial charge in [-0.1, -0.05) is 13.8 Å². The average Bonchev–Trinajstić information content (AvgIpc) is 2.76. The van der Waals surface area contributed by atoms with Crippen molar-refractivity contribution in [2.24, 2.45) is 11.8 Å². The first kappa shape index (κ1) is 17.5. The van der Waals surface area contributed by atoms with Crippen LogP contribution >= 0.6 is 0 Å². The summed E-state index contributed by atoms with van der Waals surface area (Å²) >= 11 is 0. The molecule has 0 aromatic heterocycles. The predicted octanol–water partition coefficient (Wildman–Crippen LogP) is 1.42. The van der Waals surface area contributed by atoms with Crippen LogP contribution in [0.5, 0.6) is 0 Å². The van der Waals surface area contributed by atoms with Crippen LogP contribution in [0.3, 0.4) is 0 Å². The lowest BCUT2D eigenvalue weighted by Gasteiger charge is -2.20. The van der Waals surface area contributed by atoms with Crippen molar-refractivity contribution in [3.63, 3.8) is 0 Å². The van der Waals surface area contributed by atoms with E-state index >= 15 is 0 Å². The van der Waals surface area contributed by atoms with Crippen LogP contribution in [0.25, 0.3) is 0 Å². The second-order valence-corrected chi connectivity index (χ2v) is 5.23. The third-order valence-electron chi connectivity index (χ3n) is 3.41. The van der Waals surface area contributed by atoms with Crippen LogP contribution in [0.1, 0.15) is 33.6 Å². The largest absolute Gasteiger partial charge is 0.379 e. The summed E-state index contributed by atoms with van der Waals surface area (Å²) in [7, 11) is 0. The first-order valence-corrected chi connectivity index (χ1v) is 7.03. The van der Waals surface area contributed by atoms with Crippen molar-refractivity contribution < 1.29 is 29.5 Å². The highest BCUT2D eigenvalue weighted by Crippen LogP contribution is 2.33. The summed E-state index contributed by atoms with van der Waals surface area (Å²) in [5.41, 5.74) is 0. The molecule has 0 unspecified atom stereocenters. The lowest BCUT2D eigenvalue weighted by atomic mass is 9.94. The molecule has 0 aromatic carbocycles. The minimum atomic E-state index is -0.542. The maximum atomic E-state index is 12.0. The Balaban J connectivity index is 2.52. The Kier molecular flexibility index (Phi) is 7.57. The second kappa shape index (κ2) is 8.66. The number of carbonyl (C=O) groups excluding carboxylic acids is 1. The molecule has 2 N–H and O–H groups in total. The molecule has 0 radical (unpaired) electrons. The minimum absolute atomic E-state index is 0.0535. The monoisotopic (exact) mass is 291 g/mol. The standard InChI is InChI=1S/C13H25NO6/c1-4-18-5-6-19-11-7-10(13(15)9(2)3)8-12(11)20-14(16)17/h9-12,16-17H,4-8H2,1-3H3/t10-,11+,12+/m0/s1. The van der Waals surface area contributed by atoms with Gasteiger partial charge in [-0.3, -0.25) is 15.2 Å². The Morgan fingerprint density at radius 3 is 2.45 bits per heavy atom. The maximum absolute atomic E-state index is 12.0. The third kappa shape index (κ3) is 5.43. The topological polar surface area (TPSA) is 88.5 Å². The second-order valence-electron chi connectivity index (χ2n) is 5.23. The number of hydrogen-bond donors (Lipinski definition) is 2. The quantitative estimate of drug-likeness (QED) is 0.490. The highest BCUT2D eigenvalue weighted by Gasteiger charge is 2.41. The molecule has 0 aromatic rings. The van der Waals surface area contributed by atoms with E-state index in [1.54, 1.807) is 0 Å². The Bertz CT molecular complexity index is 297. The highest BCUT2D eigenvalue weighted by molar-refractivity contribution is 5.83.